The van der Waals surface area contributed by atoms with E-state index in [2.05, 4.69) is 5.32 Å². The van der Waals surface area contributed by atoms with Crippen LogP contribution in [0, 0.1) is 11.8 Å². The molecule has 0 spiro atoms. The summed E-state index contributed by atoms with van der Waals surface area (Å²) in [4.78, 5) is 37.4. The van der Waals surface area contributed by atoms with E-state index in [1.807, 2.05) is 0 Å². The van der Waals surface area contributed by atoms with E-state index in [4.69, 9.17) is 0 Å². The Bertz CT molecular complexity index is 412. The highest BCUT2D eigenvalue weighted by Gasteiger charge is 2.36. The molecule has 1 atom stereocenters. The topological polar surface area (TPSA) is 66.5 Å². The minimum Gasteiger partial charge on any atom is -0.349 e. The average Bonchev–Trinajstić information content (AvgIpc) is 3.35. The Balaban J connectivity index is 1.77. The summed E-state index contributed by atoms with van der Waals surface area (Å²) in [5.74, 6) is -0.519. The number of rotatable bonds is 6. The summed E-state index contributed by atoms with van der Waals surface area (Å²) in [5.41, 5.74) is 0. The van der Waals surface area contributed by atoms with Crippen LogP contribution in [0.15, 0.2) is 0 Å². The van der Waals surface area contributed by atoms with E-state index in [1.165, 1.54) is 24.2 Å². The van der Waals surface area contributed by atoms with Gasteiger partial charge in [-0.2, -0.15) is 0 Å². The van der Waals surface area contributed by atoms with Gasteiger partial charge in [0.2, 0.25) is 11.7 Å². The van der Waals surface area contributed by atoms with Gasteiger partial charge in [0.15, 0.2) is 0 Å². The molecule has 0 aromatic rings. The number of nitrogens with zero attached hydrogens (tertiary/aromatic N) is 1. The third-order valence-corrected chi connectivity index (χ3v) is 4.73. The first-order chi connectivity index (χ1) is 10.0. The van der Waals surface area contributed by atoms with Gasteiger partial charge in [-0.25, -0.2) is 0 Å². The number of nitrogens with one attached hydrogen (secondary N) is 1. The first-order valence-corrected chi connectivity index (χ1v) is 8.09. The number of hydrogen-bond donors (Lipinski definition) is 1. The van der Waals surface area contributed by atoms with Crippen molar-refractivity contribution in [1.82, 2.24) is 10.2 Å². The number of amides is 2. The number of likely N-dealkylation sites (N-methyl/N-ethyl adjacent to an activating group) is 1. The highest BCUT2D eigenvalue weighted by molar-refractivity contribution is 6.38. The molecule has 0 radical (unpaired) electrons. The van der Waals surface area contributed by atoms with Crippen LogP contribution in [-0.2, 0) is 14.4 Å². The molecule has 2 amide bonds. The van der Waals surface area contributed by atoms with E-state index >= 15 is 0 Å². The lowest BCUT2D eigenvalue weighted by Gasteiger charge is -2.24. The van der Waals surface area contributed by atoms with Crippen LogP contribution in [0.5, 0.6) is 0 Å². The Labute approximate surface area is 126 Å². The molecule has 5 heteroatoms. The van der Waals surface area contributed by atoms with Crippen LogP contribution in [0.3, 0.4) is 0 Å². The molecule has 2 saturated carbocycles. The van der Waals surface area contributed by atoms with Crippen molar-refractivity contribution < 1.29 is 14.4 Å². The van der Waals surface area contributed by atoms with Crippen molar-refractivity contribution in [2.24, 2.45) is 11.8 Å². The minimum absolute atomic E-state index is 0.0177. The lowest BCUT2D eigenvalue weighted by molar-refractivity contribution is -0.144. The minimum atomic E-state index is -0.676. The van der Waals surface area contributed by atoms with Gasteiger partial charge < -0.3 is 10.2 Å². The zero-order chi connectivity index (χ0) is 15.4. The molecule has 1 unspecified atom stereocenters. The molecule has 21 heavy (non-hydrogen) atoms. The number of carbonyl (C=O) groups is 3. The predicted molar refractivity (Wildman–Crippen MR) is 79.5 cm³/mol. The molecule has 0 aromatic carbocycles. The molecule has 2 aliphatic carbocycles. The van der Waals surface area contributed by atoms with E-state index in [9.17, 15) is 14.4 Å². The van der Waals surface area contributed by atoms with Crippen molar-refractivity contribution in [3.8, 4) is 0 Å². The number of hydrogen-bond acceptors (Lipinski definition) is 3. The van der Waals surface area contributed by atoms with Gasteiger partial charge in [-0.15, -0.1) is 0 Å². The molecule has 0 heterocycles. The van der Waals surface area contributed by atoms with Gasteiger partial charge in [0.05, 0.1) is 6.04 Å². The molecule has 118 valence electrons. The monoisotopic (exact) mass is 294 g/mol. The first-order valence-electron chi connectivity index (χ1n) is 8.09. The number of ketones is 1. The summed E-state index contributed by atoms with van der Waals surface area (Å²) < 4.78 is 0. The van der Waals surface area contributed by atoms with Gasteiger partial charge in [0.1, 0.15) is 0 Å². The quantitative estimate of drug-likeness (QED) is 0.755. The summed E-state index contributed by atoms with van der Waals surface area (Å²) in [6.07, 6.45) is 7.76. The van der Waals surface area contributed by atoms with E-state index in [-0.39, 0.29) is 11.8 Å². The second-order valence-electron chi connectivity index (χ2n) is 6.48. The largest absolute Gasteiger partial charge is 0.349 e. The molecular weight excluding hydrogens is 268 g/mol. The molecule has 1 N–H and O–H groups in total. The van der Waals surface area contributed by atoms with Gasteiger partial charge in [0, 0.05) is 19.5 Å². The zero-order valence-corrected chi connectivity index (χ0v) is 13.1. The molecule has 2 fully saturated rings. The Morgan fingerprint density at radius 2 is 1.71 bits per heavy atom. The van der Waals surface area contributed by atoms with Crippen LogP contribution in [0.25, 0.3) is 0 Å². The van der Waals surface area contributed by atoms with Crippen LogP contribution in [0.2, 0.25) is 0 Å². The van der Waals surface area contributed by atoms with E-state index < -0.39 is 17.7 Å². The number of carbonyl (C=O) groups excluding carboxylic acids is 3. The van der Waals surface area contributed by atoms with Gasteiger partial charge in [-0.05, 0) is 38.5 Å². The van der Waals surface area contributed by atoms with Crippen LogP contribution in [0.4, 0.5) is 0 Å². The van der Waals surface area contributed by atoms with Crippen molar-refractivity contribution in [3.63, 3.8) is 0 Å². The summed E-state index contributed by atoms with van der Waals surface area (Å²) >= 11 is 0. The van der Waals surface area contributed by atoms with Gasteiger partial charge in [0.25, 0.3) is 5.91 Å². The fraction of sp³-hybridized carbons (Fsp3) is 0.812. The summed E-state index contributed by atoms with van der Waals surface area (Å²) in [5, 5.41) is 2.75. The second kappa shape index (κ2) is 7.05. The molecular formula is C16H26N2O3. The molecule has 0 aromatic heterocycles. The van der Waals surface area contributed by atoms with Crippen molar-refractivity contribution in [1.29, 1.82) is 0 Å². The van der Waals surface area contributed by atoms with E-state index in [1.54, 1.807) is 14.0 Å². The fourth-order valence-corrected chi connectivity index (χ4v) is 2.89. The van der Waals surface area contributed by atoms with Crippen molar-refractivity contribution in [3.05, 3.63) is 0 Å². The molecule has 0 saturated heterocycles. The Hall–Kier alpha value is -1.39. The fourth-order valence-electron chi connectivity index (χ4n) is 2.89. The predicted octanol–water partition coefficient (Wildman–Crippen LogP) is 1.51. The Morgan fingerprint density at radius 3 is 2.29 bits per heavy atom. The molecule has 0 bridgehead atoms. The molecule has 2 rings (SSSR count). The average molecular weight is 294 g/mol. The SMILES string of the molecule is CC(C(=O)C(=O)NCC1CCCCC1)N(C)C(=O)C1CC1. The van der Waals surface area contributed by atoms with Crippen LogP contribution >= 0.6 is 0 Å². The van der Waals surface area contributed by atoms with Gasteiger partial charge >= 0.3 is 0 Å². The van der Waals surface area contributed by atoms with E-state index in [0.717, 1.165) is 25.7 Å². The smallest absolute Gasteiger partial charge is 0.289 e. The molecule has 0 aliphatic heterocycles. The summed E-state index contributed by atoms with van der Waals surface area (Å²) in [7, 11) is 1.61. The Morgan fingerprint density at radius 1 is 1.10 bits per heavy atom. The van der Waals surface area contributed by atoms with E-state index in [0.29, 0.717) is 12.5 Å². The maximum absolute atomic E-state index is 12.1. The lowest BCUT2D eigenvalue weighted by atomic mass is 9.89. The van der Waals surface area contributed by atoms with Crippen molar-refractivity contribution >= 4 is 17.6 Å². The maximum Gasteiger partial charge on any atom is 0.289 e. The second-order valence-corrected chi connectivity index (χ2v) is 6.48. The number of Topliss-reactive ketones (excluding diaryl/α,β-unsaturated/α-hetero) is 1. The van der Waals surface area contributed by atoms with Gasteiger partial charge in [-0.3, -0.25) is 14.4 Å². The van der Waals surface area contributed by atoms with Crippen LogP contribution < -0.4 is 5.32 Å². The van der Waals surface area contributed by atoms with Crippen molar-refractivity contribution in [2.45, 2.75) is 57.9 Å². The third-order valence-electron chi connectivity index (χ3n) is 4.73. The normalized spacial score (nSPS) is 20.7. The highest BCUT2D eigenvalue weighted by Crippen LogP contribution is 2.31. The standard InChI is InChI=1S/C16H26N2O3/c1-11(18(2)16(21)13-8-9-13)14(19)15(20)17-10-12-6-4-3-5-7-12/h11-13H,3-10H2,1-2H3,(H,17,20). The van der Waals surface area contributed by atoms with Crippen molar-refractivity contribution in [2.75, 3.05) is 13.6 Å². The first kappa shape index (κ1) is 16.0. The summed E-state index contributed by atoms with van der Waals surface area (Å²) in [6, 6.07) is -0.676. The van der Waals surface area contributed by atoms with Crippen LogP contribution in [0.1, 0.15) is 51.9 Å². The zero-order valence-electron chi connectivity index (χ0n) is 13.1. The Kier molecular flexibility index (Phi) is 5.37. The molecule has 2 aliphatic rings. The third kappa shape index (κ3) is 4.29. The molecule has 5 nitrogen and oxygen atoms in total. The van der Waals surface area contributed by atoms with Gasteiger partial charge in [-0.1, -0.05) is 19.3 Å². The lowest BCUT2D eigenvalue weighted by Crippen LogP contribution is -2.48. The highest BCUT2D eigenvalue weighted by atomic mass is 16.2. The van der Waals surface area contributed by atoms with Crippen LogP contribution in [-0.4, -0.2) is 42.1 Å². The summed E-state index contributed by atoms with van der Waals surface area (Å²) in [6.45, 7) is 2.21. The maximum atomic E-state index is 12.1.